The van der Waals surface area contributed by atoms with Crippen molar-refractivity contribution in [3.63, 3.8) is 0 Å². The highest BCUT2D eigenvalue weighted by molar-refractivity contribution is 5.91. The smallest absolute Gasteiger partial charge is 0.227 e. The molecule has 3 nitrogen and oxygen atoms in total. The lowest BCUT2D eigenvalue weighted by molar-refractivity contribution is -0.118. The van der Waals surface area contributed by atoms with Gasteiger partial charge in [0.25, 0.3) is 0 Å². The zero-order valence-corrected chi connectivity index (χ0v) is 10.5. The first-order valence-electron chi connectivity index (χ1n) is 6.04. The summed E-state index contributed by atoms with van der Waals surface area (Å²) in [6.07, 6.45) is -1.18. The molecule has 0 aliphatic rings. The van der Waals surface area contributed by atoms with Crippen molar-refractivity contribution in [1.29, 1.82) is 0 Å². The molecule has 5 heteroatoms. The van der Waals surface area contributed by atoms with Crippen molar-refractivity contribution in [2.45, 2.75) is 12.5 Å². The molecule has 2 rings (SSSR count). The van der Waals surface area contributed by atoms with E-state index >= 15 is 0 Å². The minimum absolute atomic E-state index is 0.114. The van der Waals surface area contributed by atoms with Crippen LogP contribution < -0.4 is 5.32 Å². The fourth-order valence-corrected chi connectivity index (χ4v) is 1.76. The predicted molar refractivity (Wildman–Crippen MR) is 71.0 cm³/mol. The Hall–Kier alpha value is -2.27. The molecule has 0 saturated carbocycles. The molecule has 0 bridgehead atoms. The minimum Gasteiger partial charge on any atom is -0.388 e. The molecule has 0 spiro atoms. The Morgan fingerprint density at radius 3 is 2.50 bits per heavy atom. The van der Waals surface area contributed by atoms with Crippen LogP contribution in [0.3, 0.4) is 0 Å². The second kappa shape index (κ2) is 6.25. The van der Waals surface area contributed by atoms with Gasteiger partial charge in [0.05, 0.1) is 18.2 Å². The first-order valence-corrected chi connectivity index (χ1v) is 6.04. The summed E-state index contributed by atoms with van der Waals surface area (Å²) in [4.78, 5) is 11.7. The Balaban J connectivity index is 1.99. The van der Waals surface area contributed by atoms with Gasteiger partial charge in [-0.05, 0) is 17.7 Å². The minimum atomic E-state index is -0.972. The van der Waals surface area contributed by atoms with Crippen LogP contribution in [0, 0.1) is 11.6 Å². The van der Waals surface area contributed by atoms with Crippen LogP contribution in [-0.4, -0.2) is 11.0 Å². The van der Waals surface area contributed by atoms with Gasteiger partial charge in [0.2, 0.25) is 5.91 Å². The maximum Gasteiger partial charge on any atom is 0.227 e. The Morgan fingerprint density at radius 1 is 1.15 bits per heavy atom. The van der Waals surface area contributed by atoms with Crippen molar-refractivity contribution >= 4 is 11.6 Å². The number of aliphatic hydroxyl groups excluding tert-OH is 1. The summed E-state index contributed by atoms with van der Waals surface area (Å²) < 4.78 is 26.1. The van der Waals surface area contributed by atoms with Gasteiger partial charge in [-0.2, -0.15) is 0 Å². The molecule has 0 saturated heterocycles. The van der Waals surface area contributed by atoms with E-state index in [1.165, 1.54) is 0 Å². The second-order valence-corrected chi connectivity index (χ2v) is 4.30. The van der Waals surface area contributed by atoms with Crippen LogP contribution in [0.5, 0.6) is 0 Å². The van der Waals surface area contributed by atoms with Crippen LogP contribution in [-0.2, 0) is 4.79 Å². The summed E-state index contributed by atoms with van der Waals surface area (Å²) in [7, 11) is 0. The third-order valence-corrected chi connectivity index (χ3v) is 2.77. The predicted octanol–water partition coefficient (Wildman–Crippen LogP) is 3.03. The number of carbonyl (C=O) groups excluding carboxylic acids is 1. The van der Waals surface area contributed by atoms with Crippen LogP contribution >= 0.6 is 0 Å². The summed E-state index contributed by atoms with van der Waals surface area (Å²) >= 11 is 0. The monoisotopic (exact) mass is 277 g/mol. The average molecular weight is 277 g/mol. The van der Waals surface area contributed by atoms with Gasteiger partial charge in [0.15, 0.2) is 0 Å². The maximum atomic E-state index is 13.4. The fourth-order valence-electron chi connectivity index (χ4n) is 1.76. The number of anilines is 1. The summed E-state index contributed by atoms with van der Waals surface area (Å²) in [5.41, 5.74) is 0.485. The van der Waals surface area contributed by atoms with Crippen molar-refractivity contribution in [2.24, 2.45) is 0 Å². The molecule has 104 valence electrons. The first kappa shape index (κ1) is 14.1. The SMILES string of the molecule is O=C(CC(O)c1ccccc1)Nc1ccc(F)cc1F. The van der Waals surface area contributed by atoms with E-state index in [1.54, 1.807) is 30.3 Å². The number of benzene rings is 2. The largest absolute Gasteiger partial charge is 0.388 e. The molecule has 0 aliphatic carbocycles. The molecule has 1 atom stereocenters. The van der Waals surface area contributed by atoms with Crippen molar-refractivity contribution < 1.29 is 18.7 Å². The number of halogens is 2. The average Bonchev–Trinajstić information content (AvgIpc) is 2.43. The molecule has 1 unspecified atom stereocenters. The van der Waals surface area contributed by atoms with Crippen LogP contribution in [0.1, 0.15) is 18.1 Å². The molecule has 0 radical (unpaired) electrons. The number of rotatable bonds is 4. The quantitative estimate of drug-likeness (QED) is 0.902. The highest BCUT2D eigenvalue weighted by Crippen LogP contribution is 2.19. The number of nitrogens with one attached hydrogen (secondary N) is 1. The zero-order valence-electron chi connectivity index (χ0n) is 10.5. The molecule has 20 heavy (non-hydrogen) atoms. The lowest BCUT2D eigenvalue weighted by atomic mass is 10.1. The van der Waals surface area contributed by atoms with Crippen LogP contribution in [0.25, 0.3) is 0 Å². The van der Waals surface area contributed by atoms with E-state index in [2.05, 4.69) is 5.32 Å². The molecule has 0 aromatic heterocycles. The number of carbonyl (C=O) groups is 1. The Bertz CT molecular complexity index is 602. The molecule has 0 aliphatic heterocycles. The topological polar surface area (TPSA) is 49.3 Å². The lowest BCUT2D eigenvalue weighted by Crippen LogP contribution is -2.16. The van der Waals surface area contributed by atoms with Crippen LogP contribution in [0.2, 0.25) is 0 Å². The van der Waals surface area contributed by atoms with Crippen molar-refractivity contribution in [1.82, 2.24) is 0 Å². The van der Waals surface area contributed by atoms with E-state index in [-0.39, 0.29) is 12.1 Å². The van der Waals surface area contributed by atoms with Gasteiger partial charge < -0.3 is 10.4 Å². The molecule has 2 aromatic carbocycles. The molecule has 0 heterocycles. The van der Waals surface area contributed by atoms with Gasteiger partial charge in [-0.1, -0.05) is 30.3 Å². The van der Waals surface area contributed by atoms with Gasteiger partial charge in [0.1, 0.15) is 11.6 Å². The third-order valence-electron chi connectivity index (χ3n) is 2.77. The number of amides is 1. The molecule has 0 fully saturated rings. The highest BCUT2D eigenvalue weighted by atomic mass is 19.1. The molecule has 1 amide bonds. The van der Waals surface area contributed by atoms with Crippen molar-refractivity contribution in [3.8, 4) is 0 Å². The summed E-state index contributed by atoms with van der Waals surface area (Å²) in [6, 6.07) is 11.5. The number of hydrogen-bond acceptors (Lipinski definition) is 2. The maximum absolute atomic E-state index is 13.4. The van der Waals surface area contributed by atoms with Crippen LogP contribution in [0.4, 0.5) is 14.5 Å². The Morgan fingerprint density at radius 2 is 1.85 bits per heavy atom. The Labute approximate surface area is 114 Å². The highest BCUT2D eigenvalue weighted by Gasteiger charge is 2.14. The lowest BCUT2D eigenvalue weighted by Gasteiger charge is -2.11. The van der Waals surface area contributed by atoms with E-state index in [4.69, 9.17) is 0 Å². The fraction of sp³-hybridized carbons (Fsp3) is 0.133. The van der Waals surface area contributed by atoms with Crippen molar-refractivity contribution in [3.05, 3.63) is 65.7 Å². The summed E-state index contributed by atoms with van der Waals surface area (Å²) in [5, 5.41) is 12.2. The molecular formula is C15H13F2NO2. The van der Waals surface area contributed by atoms with Gasteiger partial charge >= 0.3 is 0 Å². The van der Waals surface area contributed by atoms with E-state index in [1.807, 2.05) is 0 Å². The van der Waals surface area contributed by atoms with E-state index in [0.717, 1.165) is 12.1 Å². The summed E-state index contributed by atoms with van der Waals surface area (Å²) in [5.74, 6) is -2.12. The molecule has 2 N–H and O–H groups in total. The van der Waals surface area contributed by atoms with E-state index in [0.29, 0.717) is 11.6 Å². The van der Waals surface area contributed by atoms with Gasteiger partial charge in [-0.3, -0.25) is 4.79 Å². The Kier molecular flexibility index (Phi) is 4.42. The molecule has 2 aromatic rings. The third kappa shape index (κ3) is 3.61. The van der Waals surface area contributed by atoms with Crippen LogP contribution in [0.15, 0.2) is 48.5 Å². The normalized spacial score (nSPS) is 11.9. The standard InChI is InChI=1S/C15H13F2NO2/c16-11-6-7-13(12(17)8-11)18-15(20)9-14(19)10-4-2-1-3-5-10/h1-8,14,19H,9H2,(H,18,20). The van der Waals surface area contributed by atoms with Gasteiger partial charge in [-0.15, -0.1) is 0 Å². The van der Waals surface area contributed by atoms with Crippen molar-refractivity contribution in [2.75, 3.05) is 5.32 Å². The summed E-state index contributed by atoms with van der Waals surface area (Å²) in [6.45, 7) is 0. The van der Waals surface area contributed by atoms with Gasteiger partial charge in [-0.25, -0.2) is 8.78 Å². The first-order chi connectivity index (χ1) is 9.56. The zero-order chi connectivity index (χ0) is 14.5. The van der Waals surface area contributed by atoms with E-state index < -0.39 is 23.6 Å². The van der Waals surface area contributed by atoms with Gasteiger partial charge in [0, 0.05) is 6.07 Å². The number of hydrogen-bond donors (Lipinski definition) is 2. The molecular weight excluding hydrogens is 264 g/mol. The van der Waals surface area contributed by atoms with E-state index in [9.17, 15) is 18.7 Å². The second-order valence-electron chi connectivity index (χ2n) is 4.30. The number of aliphatic hydroxyl groups is 1.